The summed E-state index contributed by atoms with van der Waals surface area (Å²) < 4.78 is 33.1. The molecule has 11 heteroatoms. The maximum atomic E-state index is 14.3. The quantitative estimate of drug-likeness (QED) is 0.209. The van der Waals surface area contributed by atoms with Crippen molar-refractivity contribution in [1.29, 1.82) is 0 Å². The van der Waals surface area contributed by atoms with Crippen LogP contribution >= 0.6 is 0 Å². The van der Waals surface area contributed by atoms with E-state index in [1.165, 1.54) is 17.2 Å². The molecule has 5 aromatic rings. The Morgan fingerprint density at radius 3 is 2.48 bits per heavy atom. The molecule has 1 unspecified atom stereocenters. The number of likely N-dealkylation sites (tertiary alicyclic amines) is 1. The van der Waals surface area contributed by atoms with Crippen LogP contribution in [0.3, 0.4) is 0 Å². The van der Waals surface area contributed by atoms with Gasteiger partial charge in [-0.05, 0) is 73.5 Å². The van der Waals surface area contributed by atoms with Gasteiger partial charge in [0.15, 0.2) is 9.84 Å². The molecule has 0 saturated carbocycles. The molecule has 2 aromatic heterocycles. The first-order valence-corrected chi connectivity index (χ1v) is 16.9. The highest BCUT2D eigenvalue weighted by Crippen LogP contribution is 2.29. The lowest BCUT2D eigenvalue weighted by Gasteiger charge is -2.22. The van der Waals surface area contributed by atoms with Crippen LogP contribution in [0.15, 0.2) is 101 Å². The first kappa shape index (κ1) is 31.4. The van der Waals surface area contributed by atoms with Gasteiger partial charge < -0.3 is 19.9 Å². The number of sulfone groups is 1. The molecule has 3 heterocycles. The fraction of sp³-hybridized carbons (Fsp3) is 0.286. The Morgan fingerprint density at radius 2 is 1.76 bits per heavy atom. The van der Waals surface area contributed by atoms with E-state index in [4.69, 9.17) is 9.72 Å². The van der Waals surface area contributed by atoms with Gasteiger partial charge in [0, 0.05) is 43.7 Å². The molecule has 1 fully saturated rings. The maximum absolute atomic E-state index is 14.3. The van der Waals surface area contributed by atoms with Crippen molar-refractivity contribution < 1.29 is 13.2 Å². The molecule has 46 heavy (non-hydrogen) atoms. The number of pyridine rings is 1. The summed E-state index contributed by atoms with van der Waals surface area (Å²) in [6.07, 6.45) is 2.83. The molecule has 0 spiro atoms. The maximum Gasteiger partial charge on any atom is 0.276 e. The van der Waals surface area contributed by atoms with Crippen LogP contribution in [0, 0.1) is 0 Å². The molecule has 0 amide bonds. The standard InChI is InChI=1S/C35H38N6O4S/c1-39-18-17-26(23-39)25-13-15-29(16-14-25)37-35-36-22-28-21-31(40(2)30-10-5-4-6-11-30)34(42)41(33(28)38-35)24-27-9-7-8-12-32(27)46(43,44)20-19-45-3/h4-16,21-22,26H,17-20,23-24H2,1-3H3,(H,36,37,38). The van der Waals surface area contributed by atoms with Crippen LogP contribution in [0.1, 0.15) is 23.5 Å². The van der Waals surface area contributed by atoms with Crippen LogP contribution in [-0.4, -0.2) is 74.5 Å². The molecule has 0 aliphatic carbocycles. The van der Waals surface area contributed by atoms with Gasteiger partial charge in [-0.25, -0.2) is 13.4 Å². The molecular weight excluding hydrogens is 600 g/mol. The zero-order valence-electron chi connectivity index (χ0n) is 26.3. The molecule has 0 radical (unpaired) electrons. The van der Waals surface area contributed by atoms with E-state index < -0.39 is 9.84 Å². The Bertz CT molecular complexity index is 2000. The predicted octanol–water partition coefficient (Wildman–Crippen LogP) is 5.19. The van der Waals surface area contributed by atoms with Crippen molar-refractivity contribution in [2.24, 2.45) is 0 Å². The van der Waals surface area contributed by atoms with Crippen LogP contribution < -0.4 is 15.8 Å². The number of hydrogen-bond acceptors (Lipinski definition) is 9. The number of ether oxygens (including phenoxy) is 1. The van der Waals surface area contributed by atoms with Gasteiger partial charge in [-0.3, -0.25) is 9.36 Å². The van der Waals surface area contributed by atoms with Crippen LogP contribution in [0.4, 0.5) is 23.0 Å². The lowest BCUT2D eigenvalue weighted by atomic mass is 9.98. The van der Waals surface area contributed by atoms with Crippen LogP contribution in [-0.2, 0) is 21.1 Å². The van der Waals surface area contributed by atoms with Crippen molar-refractivity contribution in [2.75, 3.05) is 56.9 Å². The number of benzene rings is 3. The zero-order chi connectivity index (χ0) is 32.3. The van der Waals surface area contributed by atoms with Gasteiger partial charge in [0.25, 0.3) is 5.56 Å². The third-order valence-corrected chi connectivity index (χ3v) is 10.3. The van der Waals surface area contributed by atoms with Gasteiger partial charge in [0.05, 0.1) is 23.8 Å². The Morgan fingerprint density at radius 1 is 1.02 bits per heavy atom. The van der Waals surface area contributed by atoms with Gasteiger partial charge in [-0.15, -0.1) is 0 Å². The number of para-hydroxylation sites is 1. The van der Waals surface area contributed by atoms with E-state index in [9.17, 15) is 13.2 Å². The number of nitrogens with one attached hydrogen (secondary N) is 1. The molecule has 0 bridgehead atoms. The van der Waals surface area contributed by atoms with Gasteiger partial charge >= 0.3 is 0 Å². The molecule has 1 N–H and O–H groups in total. The summed E-state index contributed by atoms with van der Waals surface area (Å²) in [5.41, 5.74) is 3.95. The molecule has 6 rings (SSSR count). The lowest BCUT2D eigenvalue weighted by Crippen LogP contribution is -2.29. The highest BCUT2D eigenvalue weighted by molar-refractivity contribution is 7.91. The summed E-state index contributed by atoms with van der Waals surface area (Å²) in [5, 5.41) is 3.93. The fourth-order valence-electron chi connectivity index (χ4n) is 5.97. The normalized spacial score (nSPS) is 15.3. The molecule has 1 aliphatic heterocycles. The van der Waals surface area contributed by atoms with E-state index >= 15 is 0 Å². The van der Waals surface area contributed by atoms with Gasteiger partial charge in [0.2, 0.25) is 5.95 Å². The number of fused-ring (bicyclic) bond motifs is 1. The van der Waals surface area contributed by atoms with Crippen LogP contribution in [0.2, 0.25) is 0 Å². The van der Waals surface area contributed by atoms with E-state index in [2.05, 4.69) is 34.4 Å². The number of hydrogen-bond donors (Lipinski definition) is 1. The van der Waals surface area contributed by atoms with Crippen molar-refractivity contribution in [3.63, 3.8) is 0 Å². The molecule has 1 saturated heterocycles. The molecule has 3 aromatic carbocycles. The first-order valence-electron chi connectivity index (χ1n) is 15.3. The summed E-state index contributed by atoms with van der Waals surface area (Å²) in [6.45, 7) is 2.22. The second-order valence-electron chi connectivity index (χ2n) is 11.7. The van der Waals surface area contributed by atoms with E-state index in [1.807, 2.05) is 54.4 Å². The van der Waals surface area contributed by atoms with Crippen molar-refractivity contribution >= 4 is 43.9 Å². The van der Waals surface area contributed by atoms with E-state index in [0.717, 1.165) is 30.9 Å². The fourth-order valence-corrected chi connectivity index (χ4v) is 7.39. The average molecular weight is 639 g/mol. The number of anilines is 4. The summed E-state index contributed by atoms with van der Waals surface area (Å²) >= 11 is 0. The molecule has 10 nitrogen and oxygen atoms in total. The van der Waals surface area contributed by atoms with Gasteiger partial charge in [-0.2, -0.15) is 4.98 Å². The van der Waals surface area contributed by atoms with Crippen molar-refractivity contribution in [1.82, 2.24) is 19.4 Å². The minimum atomic E-state index is -3.67. The van der Waals surface area contributed by atoms with E-state index in [-0.39, 0.29) is 29.4 Å². The van der Waals surface area contributed by atoms with Crippen molar-refractivity contribution in [3.8, 4) is 0 Å². The highest BCUT2D eigenvalue weighted by atomic mass is 32.2. The summed E-state index contributed by atoms with van der Waals surface area (Å²) in [5.74, 6) is 0.688. The van der Waals surface area contributed by atoms with E-state index in [1.54, 1.807) is 36.5 Å². The second-order valence-corrected chi connectivity index (χ2v) is 13.8. The van der Waals surface area contributed by atoms with Crippen molar-refractivity contribution in [3.05, 3.63) is 113 Å². The van der Waals surface area contributed by atoms with E-state index in [0.29, 0.717) is 34.2 Å². The Balaban J connectivity index is 1.41. The summed E-state index contributed by atoms with van der Waals surface area (Å²) in [4.78, 5) is 28.0. The number of aromatic nitrogens is 3. The SMILES string of the molecule is COCCS(=O)(=O)c1ccccc1Cn1c(=O)c(N(C)c2ccccc2)cc2cnc(Nc3ccc(C4CCN(C)C4)cc3)nc21. The number of rotatable bonds is 11. The predicted molar refractivity (Wildman–Crippen MR) is 182 cm³/mol. The van der Waals surface area contributed by atoms with Crippen molar-refractivity contribution in [2.45, 2.75) is 23.8 Å². The Kier molecular flexibility index (Phi) is 9.16. The third kappa shape index (κ3) is 6.67. The number of nitrogens with zero attached hydrogens (tertiary/aromatic N) is 5. The van der Waals surface area contributed by atoms with Crippen LogP contribution in [0.25, 0.3) is 11.0 Å². The Hall–Kier alpha value is -4.58. The first-order chi connectivity index (χ1) is 22.2. The second kappa shape index (κ2) is 13.4. The monoisotopic (exact) mass is 638 g/mol. The van der Waals surface area contributed by atoms with Gasteiger partial charge in [-0.1, -0.05) is 48.5 Å². The Labute approximate surface area is 269 Å². The minimum absolute atomic E-state index is 0.00479. The molecular formula is C35H38N6O4S. The molecule has 238 valence electrons. The smallest absolute Gasteiger partial charge is 0.276 e. The largest absolute Gasteiger partial charge is 0.384 e. The molecule has 1 aliphatic rings. The summed E-state index contributed by atoms with van der Waals surface area (Å²) in [7, 11) is 1.77. The average Bonchev–Trinajstić information content (AvgIpc) is 3.51. The third-order valence-electron chi connectivity index (χ3n) is 8.53. The topological polar surface area (TPSA) is 110 Å². The van der Waals surface area contributed by atoms with Crippen LogP contribution in [0.5, 0.6) is 0 Å². The highest BCUT2D eigenvalue weighted by Gasteiger charge is 2.23. The lowest BCUT2D eigenvalue weighted by molar-refractivity contribution is 0.217. The summed E-state index contributed by atoms with van der Waals surface area (Å²) in [6, 6.07) is 26.4. The molecule has 1 atom stereocenters. The van der Waals surface area contributed by atoms with Gasteiger partial charge in [0.1, 0.15) is 11.3 Å². The number of methoxy groups -OCH3 is 1. The minimum Gasteiger partial charge on any atom is -0.384 e. The number of likely N-dealkylation sites (N-methyl/N-ethyl adjacent to an activating group) is 1. The zero-order valence-corrected chi connectivity index (χ0v) is 27.1.